The van der Waals surface area contributed by atoms with Crippen LogP contribution in [-0.4, -0.2) is 63.5 Å². The molecule has 0 saturated heterocycles. The summed E-state index contributed by atoms with van der Waals surface area (Å²) in [7, 11) is 5.22. The van der Waals surface area contributed by atoms with Gasteiger partial charge in [0.05, 0.1) is 12.5 Å². The highest BCUT2D eigenvalue weighted by Crippen LogP contribution is 2.38. The van der Waals surface area contributed by atoms with E-state index in [1.807, 2.05) is 31.2 Å². The lowest BCUT2D eigenvalue weighted by Gasteiger charge is -2.31. The minimum absolute atomic E-state index is 0. The number of rotatable bonds is 9. The largest absolute Gasteiger partial charge is 0.497 e. The summed E-state index contributed by atoms with van der Waals surface area (Å²) in [6.45, 7) is 3.61. The van der Waals surface area contributed by atoms with Gasteiger partial charge in [0.1, 0.15) is 12.3 Å². The van der Waals surface area contributed by atoms with Crippen LogP contribution in [0.1, 0.15) is 38.2 Å². The van der Waals surface area contributed by atoms with Crippen molar-refractivity contribution in [2.45, 2.75) is 39.2 Å². The Hall–Kier alpha value is -2.04. The van der Waals surface area contributed by atoms with Crippen LogP contribution in [0.2, 0.25) is 0 Å². The predicted octanol–water partition coefficient (Wildman–Crippen LogP) is 2.13. The first-order valence-electron chi connectivity index (χ1n) is 10.5. The van der Waals surface area contributed by atoms with Crippen LogP contribution in [0.25, 0.3) is 0 Å². The summed E-state index contributed by atoms with van der Waals surface area (Å²) >= 11 is 0. The van der Waals surface area contributed by atoms with Gasteiger partial charge < -0.3 is 25.6 Å². The average Bonchev–Trinajstić information content (AvgIpc) is 3.24. The van der Waals surface area contributed by atoms with Gasteiger partial charge in [0.25, 0.3) is 0 Å². The third-order valence-electron chi connectivity index (χ3n) is 5.39. The van der Waals surface area contributed by atoms with Crippen LogP contribution in [0, 0.1) is 5.41 Å². The fourth-order valence-electron chi connectivity index (χ4n) is 3.74. The molecular formula is C22H36IN5O3. The Labute approximate surface area is 202 Å². The first-order chi connectivity index (χ1) is 14.4. The van der Waals surface area contributed by atoms with Crippen LogP contribution in [0.3, 0.4) is 0 Å². The monoisotopic (exact) mass is 545 g/mol. The highest BCUT2D eigenvalue weighted by atomic mass is 127. The zero-order chi connectivity index (χ0) is 22.0. The van der Waals surface area contributed by atoms with Gasteiger partial charge >= 0.3 is 0 Å². The normalized spacial score (nSPS) is 14.9. The second kappa shape index (κ2) is 13.4. The molecule has 9 heteroatoms. The third-order valence-corrected chi connectivity index (χ3v) is 5.39. The lowest BCUT2D eigenvalue weighted by atomic mass is 9.84. The molecule has 0 spiro atoms. The van der Waals surface area contributed by atoms with E-state index in [4.69, 9.17) is 4.74 Å². The van der Waals surface area contributed by atoms with E-state index in [9.17, 15) is 9.59 Å². The Morgan fingerprint density at radius 2 is 1.74 bits per heavy atom. The van der Waals surface area contributed by atoms with Crippen molar-refractivity contribution in [2.24, 2.45) is 10.4 Å². The molecule has 8 nitrogen and oxygen atoms in total. The minimum atomic E-state index is -0.393. The highest BCUT2D eigenvalue weighted by molar-refractivity contribution is 14.0. The van der Waals surface area contributed by atoms with Crippen LogP contribution in [0.5, 0.6) is 5.75 Å². The molecule has 2 rings (SSSR count). The highest BCUT2D eigenvalue weighted by Gasteiger charge is 2.42. The number of halogens is 1. The van der Waals surface area contributed by atoms with E-state index < -0.39 is 5.41 Å². The molecule has 31 heavy (non-hydrogen) atoms. The van der Waals surface area contributed by atoms with Gasteiger partial charge in [0, 0.05) is 33.7 Å². The molecule has 0 atom stereocenters. The van der Waals surface area contributed by atoms with Gasteiger partial charge in [-0.05, 0) is 37.5 Å². The van der Waals surface area contributed by atoms with Gasteiger partial charge in [-0.25, -0.2) is 4.99 Å². The summed E-state index contributed by atoms with van der Waals surface area (Å²) in [5.41, 5.74) is 0.597. The second-order valence-corrected chi connectivity index (χ2v) is 7.86. The summed E-state index contributed by atoms with van der Waals surface area (Å²) in [6.07, 6.45) is 3.86. The zero-order valence-electron chi connectivity index (χ0n) is 19.0. The summed E-state index contributed by atoms with van der Waals surface area (Å²) in [5, 5.41) is 9.30. The van der Waals surface area contributed by atoms with Crippen molar-refractivity contribution in [3.8, 4) is 5.75 Å². The fourth-order valence-corrected chi connectivity index (χ4v) is 3.74. The average molecular weight is 545 g/mol. The molecule has 1 saturated carbocycles. The number of aliphatic imine (C=N–C) groups is 1. The quantitative estimate of drug-likeness (QED) is 0.251. The lowest BCUT2D eigenvalue weighted by molar-refractivity contribution is -0.138. The van der Waals surface area contributed by atoms with E-state index >= 15 is 0 Å². The van der Waals surface area contributed by atoms with Gasteiger partial charge in [0.2, 0.25) is 11.8 Å². The number of hydrogen-bond acceptors (Lipinski definition) is 4. The Kier molecular flexibility index (Phi) is 11.7. The van der Waals surface area contributed by atoms with E-state index in [0.29, 0.717) is 25.6 Å². The van der Waals surface area contributed by atoms with Gasteiger partial charge in [0.15, 0.2) is 5.96 Å². The van der Waals surface area contributed by atoms with Crippen molar-refractivity contribution in [2.75, 3.05) is 40.8 Å². The molecule has 0 heterocycles. The number of ether oxygens (including phenoxy) is 1. The second-order valence-electron chi connectivity index (χ2n) is 7.86. The first-order valence-corrected chi connectivity index (χ1v) is 10.5. The first kappa shape index (κ1) is 27.0. The number of nitrogens with one attached hydrogen (secondary N) is 3. The molecular weight excluding hydrogens is 509 g/mol. The molecule has 0 aromatic heterocycles. The number of guanidine groups is 1. The van der Waals surface area contributed by atoms with Crippen LogP contribution >= 0.6 is 24.0 Å². The Balaban J connectivity index is 0.00000480. The molecule has 3 N–H and O–H groups in total. The van der Waals surface area contributed by atoms with E-state index in [0.717, 1.165) is 37.0 Å². The molecule has 0 bridgehead atoms. The molecule has 0 radical (unpaired) electrons. The van der Waals surface area contributed by atoms with Crippen LogP contribution in [0.4, 0.5) is 0 Å². The van der Waals surface area contributed by atoms with Gasteiger partial charge in [-0.1, -0.05) is 25.0 Å². The molecule has 1 aromatic rings. The van der Waals surface area contributed by atoms with Crippen molar-refractivity contribution in [3.63, 3.8) is 0 Å². The third kappa shape index (κ3) is 8.19. The molecule has 1 aliphatic carbocycles. The van der Waals surface area contributed by atoms with E-state index in [2.05, 4.69) is 20.9 Å². The number of benzene rings is 1. The molecule has 2 amide bonds. The SMILES string of the molecule is CCNC(=NCC(=O)NCc1ccc(OC)cc1)NCC1(C(=O)N(C)C)CCCC1.I. The Morgan fingerprint density at radius 1 is 1.10 bits per heavy atom. The molecule has 0 aliphatic heterocycles. The van der Waals surface area contributed by atoms with Gasteiger partial charge in [-0.2, -0.15) is 0 Å². The maximum absolute atomic E-state index is 12.7. The van der Waals surface area contributed by atoms with Crippen molar-refractivity contribution >= 4 is 41.8 Å². The van der Waals surface area contributed by atoms with Crippen molar-refractivity contribution in [1.82, 2.24) is 20.9 Å². The number of amides is 2. The number of hydrogen-bond donors (Lipinski definition) is 3. The summed E-state index contributed by atoms with van der Waals surface area (Å²) < 4.78 is 5.13. The standard InChI is InChI=1S/C22H35N5O3.HI/c1-5-23-21(26-16-22(12-6-7-13-22)20(29)27(2)3)25-15-19(28)24-14-17-8-10-18(30-4)11-9-17;/h8-11H,5-7,12-16H2,1-4H3,(H,24,28)(H2,23,25,26);1H. The fraction of sp³-hybridized carbons (Fsp3) is 0.591. The lowest BCUT2D eigenvalue weighted by Crippen LogP contribution is -2.49. The maximum atomic E-state index is 12.7. The predicted molar refractivity (Wildman–Crippen MR) is 134 cm³/mol. The maximum Gasteiger partial charge on any atom is 0.242 e. The number of carbonyl (C=O) groups is 2. The van der Waals surface area contributed by atoms with Crippen LogP contribution in [0.15, 0.2) is 29.3 Å². The summed E-state index contributed by atoms with van der Waals surface area (Å²) in [5.74, 6) is 1.32. The molecule has 1 aliphatic rings. The van der Waals surface area contributed by atoms with E-state index in [1.165, 1.54) is 0 Å². The minimum Gasteiger partial charge on any atom is -0.497 e. The van der Waals surface area contributed by atoms with Crippen molar-refractivity contribution in [1.29, 1.82) is 0 Å². The van der Waals surface area contributed by atoms with E-state index in [1.54, 1.807) is 26.1 Å². The van der Waals surface area contributed by atoms with E-state index in [-0.39, 0.29) is 42.3 Å². The number of nitrogens with zero attached hydrogens (tertiary/aromatic N) is 2. The van der Waals surface area contributed by atoms with Gasteiger partial charge in [-0.3, -0.25) is 9.59 Å². The molecule has 1 aromatic carbocycles. The summed E-state index contributed by atoms with van der Waals surface area (Å²) in [4.78, 5) is 31.0. The molecule has 174 valence electrons. The topological polar surface area (TPSA) is 95.1 Å². The van der Waals surface area contributed by atoms with Crippen molar-refractivity contribution in [3.05, 3.63) is 29.8 Å². The number of methoxy groups -OCH3 is 1. The van der Waals surface area contributed by atoms with Gasteiger partial charge in [-0.15, -0.1) is 24.0 Å². The summed E-state index contributed by atoms with van der Waals surface area (Å²) in [6, 6.07) is 7.55. The molecule has 0 unspecified atom stereocenters. The molecule has 1 fully saturated rings. The number of carbonyl (C=O) groups excluding carboxylic acids is 2. The van der Waals surface area contributed by atoms with Crippen LogP contribution < -0.4 is 20.7 Å². The van der Waals surface area contributed by atoms with Crippen LogP contribution in [-0.2, 0) is 16.1 Å². The zero-order valence-corrected chi connectivity index (χ0v) is 21.3. The Bertz CT molecular complexity index is 731. The Morgan fingerprint density at radius 3 is 2.29 bits per heavy atom. The smallest absolute Gasteiger partial charge is 0.242 e. The van der Waals surface area contributed by atoms with Crippen molar-refractivity contribution < 1.29 is 14.3 Å².